The molecule has 0 aliphatic carbocycles. The molecule has 2 amide bonds. The minimum Gasteiger partial charge on any atom is -0.352 e. The Morgan fingerprint density at radius 3 is 2.19 bits per heavy atom. The third-order valence-electron chi connectivity index (χ3n) is 2.08. The van der Waals surface area contributed by atoms with Gasteiger partial charge in [-0.1, -0.05) is 0 Å². The van der Waals surface area contributed by atoms with Gasteiger partial charge in [-0.2, -0.15) is 0 Å². The van der Waals surface area contributed by atoms with Crippen molar-refractivity contribution in [3.05, 3.63) is 0 Å². The summed E-state index contributed by atoms with van der Waals surface area (Å²) in [5.41, 5.74) is 4.86. The predicted molar refractivity (Wildman–Crippen MR) is 64.0 cm³/mol. The summed E-state index contributed by atoms with van der Waals surface area (Å²) in [6.45, 7) is 6.30. The number of primary amides is 1. The molecule has 0 aliphatic heterocycles. The summed E-state index contributed by atoms with van der Waals surface area (Å²) in [5.74, 6) is 0.0903. The van der Waals surface area contributed by atoms with E-state index < -0.39 is 20.6 Å². The zero-order chi connectivity index (χ0) is 12.8. The van der Waals surface area contributed by atoms with E-state index in [0.717, 1.165) is 0 Å². The number of amides is 2. The van der Waals surface area contributed by atoms with Gasteiger partial charge in [0.1, 0.15) is 0 Å². The molecule has 0 aromatic carbocycles. The number of carbonyl (C=O) groups is 1. The van der Waals surface area contributed by atoms with E-state index in [1.54, 1.807) is 20.8 Å². The number of rotatable bonds is 6. The summed E-state index contributed by atoms with van der Waals surface area (Å²) in [6.07, 6.45) is 0. The van der Waals surface area contributed by atoms with Gasteiger partial charge >= 0.3 is 6.03 Å². The van der Waals surface area contributed by atoms with Gasteiger partial charge in [0, 0.05) is 19.6 Å². The molecular formula is C9H21N3O3S. The molecular weight excluding hydrogens is 230 g/mol. The lowest BCUT2D eigenvalue weighted by Crippen LogP contribution is -2.38. The maximum absolute atomic E-state index is 11.7. The van der Waals surface area contributed by atoms with Gasteiger partial charge in [0.25, 0.3) is 0 Å². The van der Waals surface area contributed by atoms with E-state index in [1.165, 1.54) is 0 Å². The molecule has 7 heteroatoms. The third-order valence-corrected chi connectivity index (χ3v) is 4.69. The Bertz CT molecular complexity index is 319. The highest BCUT2D eigenvalue weighted by Crippen LogP contribution is 2.14. The first-order chi connectivity index (χ1) is 7.17. The Morgan fingerprint density at radius 1 is 1.19 bits per heavy atom. The van der Waals surface area contributed by atoms with Crippen molar-refractivity contribution in [1.82, 2.24) is 10.6 Å². The topological polar surface area (TPSA) is 101 Å². The summed E-state index contributed by atoms with van der Waals surface area (Å²) in [6, 6.07) is -0.580. The molecule has 0 saturated carbocycles. The fourth-order valence-corrected chi connectivity index (χ4v) is 1.94. The van der Waals surface area contributed by atoms with Crippen LogP contribution in [0, 0.1) is 0 Å². The van der Waals surface area contributed by atoms with E-state index >= 15 is 0 Å². The van der Waals surface area contributed by atoms with Crippen LogP contribution in [0.2, 0.25) is 0 Å². The normalized spacial score (nSPS) is 12.4. The molecule has 96 valence electrons. The van der Waals surface area contributed by atoms with Crippen molar-refractivity contribution in [1.29, 1.82) is 0 Å². The van der Waals surface area contributed by atoms with Crippen molar-refractivity contribution in [2.75, 3.05) is 25.4 Å². The van der Waals surface area contributed by atoms with E-state index in [-0.39, 0.29) is 5.75 Å². The molecule has 0 fully saturated rings. The first kappa shape index (κ1) is 15.2. The molecule has 0 bridgehead atoms. The standard InChI is InChI=1S/C9H21N3O3S/c1-9(2,3)16(14,15)7-6-11-4-5-12-8(10)13/h11H,4-7H2,1-3H3,(H3,10,12,13). The molecule has 0 aromatic rings. The molecule has 16 heavy (non-hydrogen) atoms. The Balaban J connectivity index is 3.72. The van der Waals surface area contributed by atoms with E-state index in [9.17, 15) is 13.2 Å². The Morgan fingerprint density at radius 2 is 1.75 bits per heavy atom. The van der Waals surface area contributed by atoms with Crippen LogP contribution in [0.3, 0.4) is 0 Å². The van der Waals surface area contributed by atoms with Crippen LogP contribution < -0.4 is 16.4 Å². The van der Waals surface area contributed by atoms with Gasteiger partial charge in [0.05, 0.1) is 10.5 Å². The molecule has 0 spiro atoms. The lowest BCUT2D eigenvalue weighted by molar-refractivity contribution is 0.249. The highest BCUT2D eigenvalue weighted by atomic mass is 32.2. The Kier molecular flexibility index (Phi) is 5.74. The minimum atomic E-state index is -3.08. The fraction of sp³-hybridized carbons (Fsp3) is 0.889. The highest BCUT2D eigenvalue weighted by molar-refractivity contribution is 7.92. The molecule has 6 nitrogen and oxygen atoms in total. The molecule has 0 heterocycles. The Labute approximate surface area is 96.9 Å². The van der Waals surface area contributed by atoms with E-state index in [0.29, 0.717) is 19.6 Å². The number of nitrogens with two attached hydrogens (primary N) is 1. The van der Waals surface area contributed by atoms with Crippen LogP contribution >= 0.6 is 0 Å². The van der Waals surface area contributed by atoms with Gasteiger partial charge in [-0.25, -0.2) is 13.2 Å². The van der Waals surface area contributed by atoms with E-state index in [4.69, 9.17) is 5.73 Å². The van der Waals surface area contributed by atoms with Crippen molar-refractivity contribution >= 4 is 15.9 Å². The maximum atomic E-state index is 11.7. The molecule has 0 aromatic heterocycles. The number of hydrogen-bond acceptors (Lipinski definition) is 4. The van der Waals surface area contributed by atoms with Crippen LogP contribution in [0.1, 0.15) is 20.8 Å². The minimum absolute atomic E-state index is 0.0903. The second kappa shape index (κ2) is 6.05. The summed E-state index contributed by atoms with van der Waals surface area (Å²) >= 11 is 0. The monoisotopic (exact) mass is 251 g/mol. The van der Waals surface area contributed by atoms with Crippen molar-refractivity contribution in [3.63, 3.8) is 0 Å². The van der Waals surface area contributed by atoms with Crippen LogP contribution in [0.4, 0.5) is 4.79 Å². The zero-order valence-corrected chi connectivity index (χ0v) is 10.9. The lowest BCUT2D eigenvalue weighted by atomic mass is 10.3. The average molecular weight is 251 g/mol. The molecule has 0 atom stereocenters. The summed E-state index contributed by atoms with van der Waals surface area (Å²) in [7, 11) is -3.08. The fourth-order valence-electron chi connectivity index (χ4n) is 0.912. The number of nitrogens with one attached hydrogen (secondary N) is 2. The van der Waals surface area contributed by atoms with Gasteiger partial charge < -0.3 is 16.4 Å². The molecule has 0 aliphatic rings. The largest absolute Gasteiger partial charge is 0.352 e. The van der Waals surface area contributed by atoms with Gasteiger partial charge in [0.2, 0.25) is 0 Å². The van der Waals surface area contributed by atoms with Crippen LogP contribution in [-0.4, -0.2) is 44.6 Å². The van der Waals surface area contributed by atoms with Gasteiger partial charge in [-0.3, -0.25) is 0 Å². The SMILES string of the molecule is CC(C)(C)S(=O)(=O)CCNCCNC(N)=O. The number of carbonyl (C=O) groups excluding carboxylic acids is 1. The molecule has 0 unspecified atom stereocenters. The molecule has 0 radical (unpaired) electrons. The highest BCUT2D eigenvalue weighted by Gasteiger charge is 2.27. The average Bonchev–Trinajstić information content (AvgIpc) is 2.08. The second-order valence-electron chi connectivity index (χ2n) is 4.47. The lowest BCUT2D eigenvalue weighted by Gasteiger charge is -2.19. The van der Waals surface area contributed by atoms with E-state index in [2.05, 4.69) is 10.6 Å². The van der Waals surface area contributed by atoms with Gasteiger partial charge in [-0.15, -0.1) is 0 Å². The van der Waals surface area contributed by atoms with Crippen LogP contribution in [-0.2, 0) is 9.84 Å². The number of urea groups is 1. The van der Waals surface area contributed by atoms with Crippen molar-refractivity contribution in [3.8, 4) is 0 Å². The number of sulfone groups is 1. The maximum Gasteiger partial charge on any atom is 0.312 e. The van der Waals surface area contributed by atoms with Crippen molar-refractivity contribution < 1.29 is 13.2 Å². The summed E-state index contributed by atoms with van der Waals surface area (Å²) in [5, 5.41) is 5.32. The third kappa shape index (κ3) is 5.92. The van der Waals surface area contributed by atoms with Crippen LogP contribution in [0.5, 0.6) is 0 Å². The zero-order valence-electron chi connectivity index (χ0n) is 10.0. The van der Waals surface area contributed by atoms with Gasteiger partial charge in [0.15, 0.2) is 9.84 Å². The van der Waals surface area contributed by atoms with Crippen molar-refractivity contribution in [2.24, 2.45) is 5.73 Å². The first-order valence-corrected chi connectivity index (χ1v) is 6.78. The summed E-state index contributed by atoms with van der Waals surface area (Å²) < 4.78 is 22.6. The van der Waals surface area contributed by atoms with Gasteiger partial charge in [-0.05, 0) is 20.8 Å². The van der Waals surface area contributed by atoms with Crippen molar-refractivity contribution in [2.45, 2.75) is 25.5 Å². The number of hydrogen-bond donors (Lipinski definition) is 3. The van der Waals surface area contributed by atoms with Crippen LogP contribution in [0.15, 0.2) is 0 Å². The summed E-state index contributed by atoms with van der Waals surface area (Å²) in [4.78, 5) is 10.3. The van der Waals surface area contributed by atoms with E-state index in [1.807, 2.05) is 0 Å². The first-order valence-electron chi connectivity index (χ1n) is 5.13. The molecule has 4 N–H and O–H groups in total. The quantitative estimate of drug-likeness (QED) is 0.552. The molecule has 0 saturated heterocycles. The molecule has 0 rings (SSSR count). The predicted octanol–water partition coefficient (Wildman–Crippen LogP) is -0.542. The smallest absolute Gasteiger partial charge is 0.312 e. The second-order valence-corrected chi connectivity index (χ2v) is 7.33. The Hall–Kier alpha value is -0.820. The van der Waals surface area contributed by atoms with Crippen LogP contribution in [0.25, 0.3) is 0 Å².